The predicted octanol–water partition coefficient (Wildman–Crippen LogP) is 1.99. The van der Waals surface area contributed by atoms with E-state index in [1.165, 1.54) is 6.26 Å². The largest absolute Gasteiger partial charge is 0.397 e. The van der Waals surface area contributed by atoms with Gasteiger partial charge in [-0.05, 0) is 36.8 Å². The lowest BCUT2D eigenvalue weighted by Crippen LogP contribution is -2.04. The van der Waals surface area contributed by atoms with Crippen LogP contribution in [0, 0.1) is 6.92 Å². The van der Waals surface area contributed by atoms with Crippen molar-refractivity contribution in [1.82, 2.24) is 4.98 Å². The van der Waals surface area contributed by atoms with Crippen molar-refractivity contribution in [2.24, 2.45) is 0 Å². The number of nitrogens with two attached hydrogens (primary N) is 1. The van der Waals surface area contributed by atoms with Crippen molar-refractivity contribution in [2.75, 3.05) is 17.3 Å². The van der Waals surface area contributed by atoms with Gasteiger partial charge in [-0.3, -0.25) is 0 Å². The molecular weight excluding hydrogens is 274 g/mol. The molecule has 0 saturated carbocycles. The molecule has 0 unspecified atom stereocenters. The quantitative estimate of drug-likeness (QED) is 0.899. The fourth-order valence-corrected chi connectivity index (χ4v) is 2.35. The number of aryl methyl sites for hydroxylation is 1. The summed E-state index contributed by atoms with van der Waals surface area (Å²) in [6.07, 6.45) is 1.20. The van der Waals surface area contributed by atoms with E-state index in [-0.39, 0.29) is 0 Å². The fourth-order valence-electron chi connectivity index (χ4n) is 1.72. The first-order chi connectivity index (χ1) is 9.36. The van der Waals surface area contributed by atoms with Gasteiger partial charge in [0.25, 0.3) is 0 Å². The van der Waals surface area contributed by atoms with Crippen molar-refractivity contribution >= 4 is 21.3 Å². The van der Waals surface area contributed by atoms with Crippen molar-refractivity contribution in [3.63, 3.8) is 0 Å². The first-order valence-corrected chi connectivity index (χ1v) is 8.01. The maximum absolute atomic E-state index is 11.4. The summed E-state index contributed by atoms with van der Waals surface area (Å²) in [7, 11) is -3.14. The number of benzene rings is 1. The summed E-state index contributed by atoms with van der Waals surface area (Å²) in [6, 6.07) is 10.4. The third-order valence-corrected chi connectivity index (χ3v) is 4.08. The fraction of sp³-hybridized carbons (Fsp3) is 0.214. The Balaban J connectivity index is 2.06. The molecule has 0 aliphatic heterocycles. The van der Waals surface area contributed by atoms with Gasteiger partial charge in [0.15, 0.2) is 9.84 Å². The molecule has 1 aromatic heterocycles. The van der Waals surface area contributed by atoms with Crippen molar-refractivity contribution in [3.8, 4) is 0 Å². The van der Waals surface area contributed by atoms with Crippen LogP contribution in [0.3, 0.4) is 0 Å². The summed E-state index contributed by atoms with van der Waals surface area (Å²) < 4.78 is 22.7. The number of hydrogen-bond acceptors (Lipinski definition) is 5. The number of nitrogens with one attached hydrogen (secondary N) is 1. The maximum Gasteiger partial charge on any atom is 0.175 e. The smallest absolute Gasteiger partial charge is 0.175 e. The van der Waals surface area contributed by atoms with Gasteiger partial charge in [-0.25, -0.2) is 13.4 Å². The standard InChI is InChI=1S/C14H17N3O2S/c1-10-13(15)7-8-14(17-10)16-9-11-3-5-12(6-4-11)20(2,18)19/h3-8H,9,15H2,1-2H3,(H,16,17). The Kier molecular flexibility index (Phi) is 3.94. The summed E-state index contributed by atoms with van der Waals surface area (Å²) in [5.74, 6) is 0.740. The van der Waals surface area contributed by atoms with E-state index in [9.17, 15) is 8.42 Å². The molecule has 0 spiro atoms. The van der Waals surface area contributed by atoms with Gasteiger partial charge in [-0.15, -0.1) is 0 Å². The van der Waals surface area contributed by atoms with Crippen LogP contribution in [0.25, 0.3) is 0 Å². The van der Waals surface area contributed by atoms with Crippen molar-refractivity contribution in [3.05, 3.63) is 47.7 Å². The van der Waals surface area contributed by atoms with Crippen LogP contribution in [0.1, 0.15) is 11.3 Å². The number of rotatable bonds is 4. The van der Waals surface area contributed by atoms with Crippen LogP contribution < -0.4 is 11.1 Å². The molecule has 0 fully saturated rings. The lowest BCUT2D eigenvalue weighted by atomic mass is 10.2. The van der Waals surface area contributed by atoms with E-state index < -0.39 is 9.84 Å². The van der Waals surface area contributed by atoms with Gasteiger partial charge < -0.3 is 11.1 Å². The van der Waals surface area contributed by atoms with Crippen LogP contribution in [0.2, 0.25) is 0 Å². The zero-order chi connectivity index (χ0) is 14.8. The number of hydrogen-bond donors (Lipinski definition) is 2. The molecule has 0 atom stereocenters. The summed E-state index contributed by atoms with van der Waals surface area (Å²) in [5.41, 5.74) is 8.13. The summed E-state index contributed by atoms with van der Waals surface area (Å²) >= 11 is 0. The molecule has 0 amide bonds. The van der Waals surface area contributed by atoms with Crippen molar-refractivity contribution < 1.29 is 8.42 Å². The Bertz CT molecular complexity index is 710. The zero-order valence-electron chi connectivity index (χ0n) is 11.4. The Labute approximate surface area is 118 Å². The molecule has 3 N–H and O–H groups in total. The molecule has 0 aliphatic carbocycles. The molecule has 0 bridgehead atoms. The van der Waals surface area contributed by atoms with Gasteiger partial charge in [0.05, 0.1) is 16.3 Å². The number of aromatic nitrogens is 1. The maximum atomic E-state index is 11.4. The third kappa shape index (κ3) is 3.48. The Hall–Kier alpha value is -2.08. The second kappa shape index (κ2) is 5.50. The number of anilines is 2. The molecule has 2 aromatic rings. The highest BCUT2D eigenvalue weighted by Gasteiger charge is 2.06. The molecule has 0 radical (unpaired) electrons. The van der Waals surface area contributed by atoms with Crippen LogP contribution in [0.5, 0.6) is 0 Å². The monoisotopic (exact) mass is 291 g/mol. The number of nitrogens with zero attached hydrogens (tertiary/aromatic N) is 1. The zero-order valence-corrected chi connectivity index (χ0v) is 12.2. The van der Waals surface area contributed by atoms with E-state index in [0.717, 1.165) is 17.1 Å². The third-order valence-electron chi connectivity index (χ3n) is 2.95. The lowest BCUT2D eigenvalue weighted by Gasteiger charge is -2.08. The predicted molar refractivity (Wildman–Crippen MR) is 80.3 cm³/mol. The van der Waals surface area contributed by atoms with E-state index in [4.69, 9.17) is 5.73 Å². The molecule has 5 nitrogen and oxygen atoms in total. The summed E-state index contributed by atoms with van der Waals surface area (Å²) in [5, 5.41) is 3.17. The first-order valence-electron chi connectivity index (χ1n) is 6.12. The van der Waals surface area contributed by atoms with E-state index in [2.05, 4.69) is 10.3 Å². The molecule has 1 heterocycles. The van der Waals surface area contributed by atoms with Crippen molar-refractivity contribution in [1.29, 1.82) is 0 Å². The highest BCUT2D eigenvalue weighted by molar-refractivity contribution is 7.90. The highest BCUT2D eigenvalue weighted by atomic mass is 32.2. The minimum Gasteiger partial charge on any atom is -0.397 e. The number of sulfone groups is 1. The van der Waals surface area contributed by atoms with Gasteiger partial charge in [0, 0.05) is 12.8 Å². The topological polar surface area (TPSA) is 85.1 Å². The average molecular weight is 291 g/mol. The van der Waals surface area contributed by atoms with E-state index in [1.807, 2.05) is 13.0 Å². The van der Waals surface area contributed by atoms with Gasteiger partial charge in [0.1, 0.15) is 5.82 Å². The Morgan fingerprint density at radius 2 is 1.80 bits per heavy atom. The Morgan fingerprint density at radius 3 is 2.35 bits per heavy atom. The second-order valence-corrected chi connectivity index (χ2v) is 6.66. The van der Waals surface area contributed by atoms with E-state index in [0.29, 0.717) is 17.1 Å². The number of nitrogen functional groups attached to an aromatic ring is 1. The van der Waals surface area contributed by atoms with Crippen LogP contribution in [-0.4, -0.2) is 19.7 Å². The first kappa shape index (κ1) is 14.3. The van der Waals surface area contributed by atoms with Crippen LogP contribution >= 0.6 is 0 Å². The molecule has 2 rings (SSSR count). The van der Waals surface area contributed by atoms with Crippen molar-refractivity contribution in [2.45, 2.75) is 18.4 Å². The van der Waals surface area contributed by atoms with Gasteiger partial charge in [0.2, 0.25) is 0 Å². The Morgan fingerprint density at radius 1 is 1.15 bits per heavy atom. The van der Waals surface area contributed by atoms with Crippen LogP contribution in [-0.2, 0) is 16.4 Å². The molecule has 0 saturated heterocycles. The minimum absolute atomic E-state index is 0.322. The summed E-state index contributed by atoms with van der Waals surface area (Å²) in [6.45, 7) is 2.42. The van der Waals surface area contributed by atoms with Gasteiger partial charge >= 0.3 is 0 Å². The van der Waals surface area contributed by atoms with E-state index >= 15 is 0 Å². The molecule has 6 heteroatoms. The average Bonchev–Trinajstić information content (AvgIpc) is 2.40. The summed E-state index contributed by atoms with van der Waals surface area (Å²) in [4.78, 5) is 4.63. The SMILES string of the molecule is Cc1nc(NCc2ccc(S(C)(=O)=O)cc2)ccc1N. The molecule has 1 aromatic carbocycles. The van der Waals surface area contributed by atoms with Gasteiger partial charge in [-0.1, -0.05) is 12.1 Å². The molecule has 106 valence electrons. The molecular formula is C14H17N3O2S. The van der Waals surface area contributed by atoms with E-state index in [1.54, 1.807) is 30.3 Å². The minimum atomic E-state index is -3.14. The molecule has 0 aliphatic rings. The second-order valence-electron chi connectivity index (χ2n) is 4.64. The normalized spacial score (nSPS) is 11.3. The number of pyridine rings is 1. The lowest BCUT2D eigenvalue weighted by molar-refractivity contribution is 0.602. The van der Waals surface area contributed by atoms with Crippen LogP contribution in [0.15, 0.2) is 41.3 Å². The highest BCUT2D eigenvalue weighted by Crippen LogP contribution is 2.14. The van der Waals surface area contributed by atoms with Gasteiger partial charge in [-0.2, -0.15) is 0 Å². The molecule has 20 heavy (non-hydrogen) atoms. The van der Waals surface area contributed by atoms with Crippen LogP contribution in [0.4, 0.5) is 11.5 Å².